The van der Waals surface area contributed by atoms with Crippen LogP contribution in [0.1, 0.15) is 33.6 Å². The first-order valence-electron chi connectivity index (χ1n) is 7.16. The van der Waals surface area contributed by atoms with Gasteiger partial charge in [0.15, 0.2) is 5.82 Å². The zero-order valence-electron chi connectivity index (χ0n) is 11.5. The van der Waals surface area contributed by atoms with Crippen molar-refractivity contribution in [2.45, 2.75) is 25.7 Å². The number of nitrogens with zero attached hydrogens (tertiary/aromatic N) is 1. The van der Waals surface area contributed by atoms with Crippen molar-refractivity contribution in [3.05, 3.63) is 45.6 Å². The first-order chi connectivity index (χ1) is 10.3. The highest BCUT2D eigenvalue weighted by Gasteiger charge is 2.21. The van der Waals surface area contributed by atoms with E-state index in [9.17, 15) is 4.79 Å². The monoisotopic (exact) mass is 297 g/mol. The van der Waals surface area contributed by atoms with Gasteiger partial charge >= 0.3 is 0 Å². The zero-order chi connectivity index (χ0) is 14.2. The fourth-order valence-corrected chi connectivity index (χ4v) is 4.04. The Morgan fingerprint density at radius 2 is 2.10 bits per heavy atom. The predicted octanol–water partition coefficient (Wildman–Crippen LogP) is 3.76. The lowest BCUT2D eigenvalue weighted by atomic mass is 9.95. The van der Waals surface area contributed by atoms with Gasteiger partial charge in [0.05, 0.1) is 11.1 Å². The summed E-state index contributed by atoms with van der Waals surface area (Å²) in [5.74, 6) is 0.554. The molecule has 106 valence electrons. The molecule has 0 saturated heterocycles. The van der Waals surface area contributed by atoms with Crippen molar-refractivity contribution in [2.24, 2.45) is 0 Å². The van der Waals surface area contributed by atoms with Gasteiger partial charge in [0, 0.05) is 15.6 Å². The van der Waals surface area contributed by atoms with E-state index in [0.29, 0.717) is 5.82 Å². The van der Waals surface area contributed by atoms with Gasteiger partial charge < -0.3 is 5.32 Å². The number of amides is 1. The number of hydrogen-bond acceptors (Lipinski definition) is 3. The molecule has 2 N–H and O–H groups in total. The molecular formula is C16H15N3OS. The van der Waals surface area contributed by atoms with Crippen LogP contribution >= 0.6 is 11.3 Å². The average molecular weight is 297 g/mol. The van der Waals surface area contributed by atoms with E-state index in [1.165, 1.54) is 23.3 Å². The van der Waals surface area contributed by atoms with Crippen LogP contribution in [0.15, 0.2) is 29.6 Å². The number of H-pyrrole nitrogens is 1. The Balaban J connectivity index is 1.65. The molecule has 3 aromatic rings. The van der Waals surface area contributed by atoms with E-state index in [0.717, 1.165) is 29.3 Å². The quantitative estimate of drug-likeness (QED) is 0.756. The highest BCUT2D eigenvalue weighted by Crippen LogP contribution is 2.31. The van der Waals surface area contributed by atoms with Crippen molar-refractivity contribution in [3.63, 3.8) is 0 Å². The standard InChI is InChI=1S/C16H15N3OS/c20-16(12-9-21-14-8-4-2-5-10(12)14)17-15-11-6-1-3-7-13(11)18-19-15/h1,3,6-7,9H,2,4-5,8H2,(H2,17,18,19,20). The molecule has 1 amide bonds. The Kier molecular flexibility index (Phi) is 3.00. The molecule has 5 heteroatoms. The SMILES string of the molecule is O=C(Nc1n[nH]c2ccccc12)c1csc2c1CCCC2. The fraction of sp³-hybridized carbons (Fsp3) is 0.250. The van der Waals surface area contributed by atoms with Gasteiger partial charge in [0.25, 0.3) is 5.91 Å². The minimum atomic E-state index is -0.0494. The number of para-hydroxylation sites is 1. The molecule has 1 aliphatic carbocycles. The second kappa shape index (κ2) is 5.00. The Bertz CT molecular complexity index is 818. The third-order valence-electron chi connectivity index (χ3n) is 4.01. The number of carbonyl (C=O) groups excluding carboxylic acids is 1. The van der Waals surface area contributed by atoms with Crippen molar-refractivity contribution in [3.8, 4) is 0 Å². The second-order valence-electron chi connectivity index (χ2n) is 5.33. The van der Waals surface area contributed by atoms with E-state index in [1.807, 2.05) is 29.6 Å². The van der Waals surface area contributed by atoms with Crippen LogP contribution in [0.25, 0.3) is 10.9 Å². The average Bonchev–Trinajstić information content (AvgIpc) is 3.12. The number of hydrogen-bond donors (Lipinski definition) is 2. The molecule has 0 atom stereocenters. The normalized spacial score (nSPS) is 14.1. The molecule has 0 unspecified atom stereocenters. The number of carbonyl (C=O) groups is 1. The summed E-state index contributed by atoms with van der Waals surface area (Å²) in [7, 11) is 0. The maximum atomic E-state index is 12.5. The summed E-state index contributed by atoms with van der Waals surface area (Å²) < 4.78 is 0. The number of nitrogens with one attached hydrogen (secondary N) is 2. The van der Waals surface area contributed by atoms with Crippen molar-refractivity contribution in [2.75, 3.05) is 5.32 Å². The number of thiophene rings is 1. The van der Waals surface area contributed by atoms with Crippen LogP contribution in [-0.4, -0.2) is 16.1 Å². The van der Waals surface area contributed by atoms with Gasteiger partial charge in [-0.25, -0.2) is 0 Å². The summed E-state index contributed by atoms with van der Waals surface area (Å²) in [6, 6.07) is 7.79. The van der Waals surface area contributed by atoms with Crippen LogP contribution in [-0.2, 0) is 12.8 Å². The molecule has 4 nitrogen and oxygen atoms in total. The van der Waals surface area contributed by atoms with Gasteiger partial charge in [-0.2, -0.15) is 5.10 Å². The summed E-state index contributed by atoms with van der Waals surface area (Å²) in [4.78, 5) is 13.9. The number of benzene rings is 1. The van der Waals surface area contributed by atoms with E-state index >= 15 is 0 Å². The molecule has 4 rings (SSSR count). The van der Waals surface area contributed by atoms with Gasteiger partial charge in [-0.05, 0) is 43.4 Å². The minimum Gasteiger partial charge on any atom is -0.305 e. The van der Waals surface area contributed by atoms with Crippen LogP contribution in [0.4, 0.5) is 5.82 Å². The summed E-state index contributed by atoms with van der Waals surface area (Å²) in [5, 5.41) is 13.0. The first kappa shape index (κ1) is 12.6. The number of aryl methyl sites for hydroxylation is 1. The Morgan fingerprint density at radius 1 is 1.24 bits per heavy atom. The molecule has 0 bridgehead atoms. The number of fused-ring (bicyclic) bond motifs is 2. The predicted molar refractivity (Wildman–Crippen MR) is 85.0 cm³/mol. The largest absolute Gasteiger partial charge is 0.305 e. The second-order valence-corrected chi connectivity index (χ2v) is 6.29. The third-order valence-corrected chi connectivity index (χ3v) is 5.10. The molecular weight excluding hydrogens is 282 g/mol. The Hall–Kier alpha value is -2.14. The smallest absolute Gasteiger partial charge is 0.258 e. The molecule has 1 aliphatic rings. The van der Waals surface area contributed by atoms with E-state index in [-0.39, 0.29) is 5.91 Å². The van der Waals surface area contributed by atoms with E-state index in [4.69, 9.17) is 0 Å². The Labute approximate surface area is 126 Å². The van der Waals surface area contributed by atoms with Crippen LogP contribution in [0, 0.1) is 0 Å². The minimum absolute atomic E-state index is 0.0494. The van der Waals surface area contributed by atoms with Crippen LogP contribution in [0.3, 0.4) is 0 Å². The van der Waals surface area contributed by atoms with Gasteiger partial charge in [0.2, 0.25) is 0 Å². The third kappa shape index (κ3) is 2.14. The zero-order valence-corrected chi connectivity index (χ0v) is 12.3. The number of aromatic amines is 1. The highest BCUT2D eigenvalue weighted by molar-refractivity contribution is 7.10. The van der Waals surface area contributed by atoms with E-state index < -0.39 is 0 Å². The maximum Gasteiger partial charge on any atom is 0.258 e. The molecule has 1 aromatic carbocycles. The number of rotatable bonds is 2. The van der Waals surface area contributed by atoms with Crippen molar-refractivity contribution in [1.82, 2.24) is 10.2 Å². The lowest BCUT2D eigenvalue weighted by molar-refractivity contribution is 0.102. The molecule has 21 heavy (non-hydrogen) atoms. The molecule has 0 spiro atoms. The van der Waals surface area contributed by atoms with E-state index in [2.05, 4.69) is 15.5 Å². The number of aromatic nitrogens is 2. The molecule has 0 fully saturated rings. The van der Waals surface area contributed by atoms with Crippen molar-refractivity contribution < 1.29 is 4.79 Å². The van der Waals surface area contributed by atoms with Crippen LogP contribution < -0.4 is 5.32 Å². The summed E-state index contributed by atoms with van der Waals surface area (Å²) in [6.07, 6.45) is 4.54. The van der Waals surface area contributed by atoms with Gasteiger partial charge in [-0.1, -0.05) is 12.1 Å². The summed E-state index contributed by atoms with van der Waals surface area (Å²) >= 11 is 1.71. The molecule has 0 saturated carbocycles. The highest BCUT2D eigenvalue weighted by atomic mass is 32.1. The van der Waals surface area contributed by atoms with Gasteiger partial charge in [-0.15, -0.1) is 11.3 Å². The fourth-order valence-electron chi connectivity index (χ4n) is 2.92. The first-order valence-corrected chi connectivity index (χ1v) is 8.04. The Morgan fingerprint density at radius 3 is 3.05 bits per heavy atom. The lowest BCUT2D eigenvalue weighted by Crippen LogP contribution is -2.15. The summed E-state index contributed by atoms with van der Waals surface area (Å²) in [5.41, 5.74) is 2.99. The molecule has 2 aromatic heterocycles. The molecule has 2 heterocycles. The van der Waals surface area contributed by atoms with Crippen molar-refractivity contribution >= 4 is 34.0 Å². The van der Waals surface area contributed by atoms with Crippen LogP contribution in [0.5, 0.6) is 0 Å². The lowest BCUT2D eigenvalue weighted by Gasteiger charge is -2.12. The maximum absolute atomic E-state index is 12.5. The topological polar surface area (TPSA) is 57.8 Å². The summed E-state index contributed by atoms with van der Waals surface area (Å²) in [6.45, 7) is 0. The van der Waals surface area contributed by atoms with Gasteiger partial charge in [0.1, 0.15) is 0 Å². The van der Waals surface area contributed by atoms with Gasteiger partial charge in [-0.3, -0.25) is 9.89 Å². The molecule has 0 radical (unpaired) electrons. The molecule has 0 aliphatic heterocycles. The van der Waals surface area contributed by atoms with Crippen molar-refractivity contribution in [1.29, 1.82) is 0 Å². The van der Waals surface area contributed by atoms with E-state index in [1.54, 1.807) is 11.3 Å². The van der Waals surface area contributed by atoms with Crippen LogP contribution in [0.2, 0.25) is 0 Å². The number of anilines is 1.